The van der Waals surface area contributed by atoms with Gasteiger partial charge in [-0.2, -0.15) is 4.31 Å². The molecule has 176 valence electrons. The van der Waals surface area contributed by atoms with Crippen molar-refractivity contribution in [1.82, 2.24) is 4.31 Å². The Kier molecular flexibility index (Phi) is 7.17. The number of hydrogen-bond donors (Lipinski definition) is 0. The summed E-state index contributed by atoms with van der Waals surface area (Å²) in [4.78, 5) is 27.3. The molecule has 0 spiro atoms. The first-order valence-corrected chi connectivity index (χ1v) is 13.3. The molecule has 0 N–H and O–H groups in total. The number of sulfonamides is 1. The Labute approximate surface area is 216 Å². The van der Waals surface area contributed by atoms with Crippen LogP contribution < -0.4 is 4.90 Å². The van der Waals surface area contributed by atoms with Gasteiger partial charge in [0.1, 0.15) is 10.9 Å². The van der Waals surface area contributed by atoms with Gasteiger partial charge in [0.2, 0.25) is 15.9 Å². The maximum Gasteiger partial charge on any atom is 0.252 e. The van der Waals surface area contributed by atoms with Gasteiger partial charge in [0, 0.05) is 15.5 Å². The highest BCUT2D eigenvalue weighted by molar-refractivity contribution is 9.10. The van der Waals surface area contributed by atoms with E-state index in [4.69, 9.17) is 23.2 Å². The van der Waals surface area contributed by atoms with Crippen LogP contribution in [0.1, 0.15) is 24.9 Å². The molecule has 0 saturated carbocycles. The van der Waals surface area contributed by atoms with Crippen LogP contribution in [0.4, 0.5) is 5.69 Å². The van der Waals surface area contributed by atoms with Gasteiger partial charge in [-0.1, -0.05) is 69.5 Å². The van der Waals surface area contributed by atoms with Crippen LogP contribution in [-0.2, 0) is 19.6 Å². The summed E-state index contributed by atoms with van der Waals surface area (Å²) in [6.07, 6.45) is -0.302. The van der Waals surface area contributed by atoms with Crippen LogP contribution in [0.2, 0.25) is 10.0 Å². The number of amides is 2. The fourth-order valence-electron chi connectivity index (χ4n) is 3.99. The van der Waals surface area contributed by atoms with Crippen molar-refractivity contribution < 1.29 is 18.0 Å². The summed E-state index contributed by atoms with van der Waals surface area (Å²) in [6, 6.07) is 17.6. The first-order valence-electron chi connectivity index (χ1n) is 10.3. The second kappa shape index (κ2) is 9.79. The van der Waals surface area contributed by atoms with Crippen molar-refractivity contribution >= 4 is 66.7 Å². The lowest BCUT2D eigenvalue weighted by Crippen LogP contribution is -2.46. The maximum absolute atomic E-state index is 13.9. The Balaban J connectivity index is 1.83. The van der Waals surface area contributed by atoms with Crippen LogP contribution in [0, 0.1) is 0 Å². The van der Waals surface area contributed by atoms with Gasteiger partial charge in [0.25, 0.3) is 5.91 Å². The zero-order valence-electron chi connectivity index (χ0n) is 17.9. The third-order valence-electron chi connectivity index (χ3n) is 5.63. The number of hydrogen-bond acceptors (Lipinski definition) is 4. The second-order valence-corrected chi connectivity index (χ2v) is 11.3. The van der Waals surface area contributed by atoms with Crippen molar-refractivity contribution in [2.75, 3.05) is 4.90 Å². The van der Waals surface area contributed by atoms with Crippen LogP contribution in [0.5, 0.6) is 0 Å². The Bertz CT molecular complexity index is 1350. The minimum atomic E-state index is -4.34. The van der Waals surface area contributed by atoms with E-state index in [9.17, 15) is 18.0 Å². The van der Waals surface area contributed by atoms with E-state index in [1.165, 1.54) is 18.2 Å². The predicted molar refractivity (Wildman–Crippen MR) is 135 cm³/mol. The molecule has 6 nitrogen and oxygen atoms in total. The summed E-state index contributed by atoms with van der Waals surface area (Å²) in [6.45, 7) is 1.67. The third kappa shape index (κ3) is 4.65. The molecule has 4 rings (SSSR count). The number of nitrogens with zero attached hydrogens (tertiary/aromatic N) is 2. The molecule has 0 aliphatic carbocycles. The average molecular weight is 582 g/mol. The van der Waals surface area contributed by atoms with Crippen molar-refractivity contribution in [3.63, 3.8) is 0 Å². The first kappa shape index (κ1) is 24.9. The number of rotatable bonds is 6. The molecule has 0 aromatic heterocycles. The van der Waals surface area contributed by atoms with E-state index in [2.05, 4.69) is 15.9 Å². The molecular weight excluding hydrogens is 563 g/mol. The summed E-state index contributed by atoms with van der Waals surface area (Å²) < 4.78 is 29.7. The number of anilines is 1. The van der Waals surface area contributed by atoms with E-state index in [1.54, 1.807) is 55.5 Å². The zero-order valence-corrected chi connectivity index (χ0v) is 21.8. The van der Waals surface area contributed by atoms with E-state index in [0.717, 1.165) is 13.7 Å². The van der Waals surface area contributed by atoms with Crippen molar-refractivity contribution in [2.45, 2.75) is 30.3 Å². The number of imide groups is 1. The Morgan fingerprint density at radius 2 is 1.65 bits per heavy atom. The summed E-state index contributed by atoms with van der Waals surface area (Å²) in [5.41, 5.74) is 1.03. The van der Waals surface area contributed by atoms with Gasteiger partial charge in [-0.15, -0.1) is 0 Å². The molecule has 0 radical (unpaired) electrons. The number of benzene rings is 3. The second-order valence-electron chi connectivity index (χ2n) is 7.76. The summed E-state index contributed by atoms with van der Waals surface area (Å²) in [5.74, 6) is -1.12. The highest BCUT2D eigenvalue weighted by atomic mass is 79.9. The lowest BCUT2D eigenvalue weighted by atomic mass is 10.1. The molecule has 2 amide bonds. The number of carbonyl (C=O) groups excluding carboxylic acids is 2. The molecule has 3 aromatic carbocycles. The van der Waals surface area contributed by atoms with Crippen LogP contribution in [0.3, 0.4) is 0 Å². The third-order valence-corrected chi connectivity index (χ3v) is 8.85. The lowest BCUT2D eigenvalue weighted by Gasteiger charge is -2.32. The fourth-order valence-corrected chi connectivity index (χ4v) is 6.76. The van der Waals surface area contributed by atoms with Crippen LogP contribution in [0.25, 0.3) is 0 Å². The molecule has 1 aliphatic heterocycles. The van der Waals surface area contributed by atoms with E-state index in [1.807, 2.05) is 6.07 Å². The SMILES string of the molecule is CC(c1ccccc1)N(C1CC(=O)N(c2ccc(Br)cc2)C1=O)S(=O)(=O)c1cc(Cl)ccc1Cl. The molecule has 1 saturated heterocycles. The van der Waals surface area contributed by atoms with E-state index in [0.29, 0.717) is 11.3 Å². The quantitative estimate of drug-likeness (QED) is 0.343. The van der Waals surface area contributed by atoms with Gasteiger partial charge in [0.15, 0.2) is 0 Å². The standard InChI is InChI=1S/C24H19BrCl2N2O4S/c1-15(16-5-3-2-4-6-16)29(34(32,33)22-13-18(26)9-12-20(22)27)21-14-23(30)28(24(21)31)19-10-7-17(25)8-11-19/h2-13,15,21H,14H2,1H3. The first-order chi connectivity index (χ1) is 16.1. The van der Waals surface area contributed by atoms with Gasteiger partial charge in [-0.3, -0.25) is 9.59 Å². The molecule has 1 heterocycles. The van der Waals surface area contributed by atoms with Gasteiger partial charge in [-0.05, 0) is 55.0 Å². The Morgan fingerprint density at radius 1 is 1.00 bits per heavy atom. The molecule has 1 fully saturated rings. The van der Waals surface area contributed by atoms with Crippen LogP contribution in [-0.4, -0.2) is 30.6 Å². The smallest absolute Gasteiger partial charge is 0.252 e. The van der Waals surface area contributed by atoms with E-state index < -0.39 is 33.9 Å². The maximum atomic E-state index is 13.9. The molecule has 2 unspecified atom stereocenters. The highest BCUT2D eigenvalue weighted by Crippen LogP contribution is 2.38. The van der Waals surface area contributed by atoms with Crippen LogP contribution >= 0.6 is 39.1 Å². The van der Waals surface area contributed by atoms with Gasteiger partial charge in [0.05, 0.1) is 17.1 Å². The van der Waals surface area contributed by atoms with Crippen LogP contribution in [0.15, 0.2) is 82.2 Å². The lowest BCUT2D eigenvalue weighted by molar-refractivity contribution is -0.122. The largest absolute Gasteiger partial charge is 0.274 e. The molecule has 1 aliphatic rings. The Hall–Kier alpha value is -2.23. The van der Waals surface area contributed by atoms with Crippen molar-refractivity contribution in [1.29, 1.82) is 0 Å². The summed E-state index contributed by atoms with van der Waals surface area (Å²) in [5, 5.41) is 0.150. The minimum Gasteiger partial charge on any atom is -0.274 e. The van der Waals surface area contributed by atoms with E-state index in [-0.39, 0.29) is 21.4 Å². The summed E-state index contributed by atoms with van der Waals surface area (Å²) in [7, 11) is -4.34. The highest BCUT2D eigenvalue weighted by Gasteiger charge is 2.49. The molecule has 0 bridgehead atoms. The molecular formula is C24H19BrCl2N2O4S. The van der Waals surface area contributed by atoms with Gasteiger partial charge in [-0.25, -0.2) is 13.3 Å². The average Bonchev–Trinajstić information content (AvgIpc) is 3.09. The topological polar surface area (TPSA) is 74.8 Å². The van der Waals surface area contributed by atoms with Crippen molar-refractivity contribution in [2.24, 2.45) is 0 Å². The molecule has 2 atom stereocenters. The van der Waals surface area contributed by atoms with Crippen molar-refractivity contribution in [3.05, 3.63) is 92.9 Å². The Morgan fingerprint density at radius 3 is 2.29 bits per heavy atom. The molecule has 34 heavy (non-hydrogen) atoms. The fraction of sp³-hybridized carbons (Fsp3) is 0.167. The number of carbonyl (C=O) groups is 2. The van der Waals surface area contributed by atoms with E-state index >= 15 is 0 Å². The molecule has 3 aromatic rings. The van der Waals surface area contributed by atoms with Gasteiger partial charge < -0.3 is 0 Å². The monoisotopic (exact) mass is 580 g/mol. The summed E-state index contributed by atoms with van der Waals surface area (Å²) >= 11 is 15.7. The minimum absolute atomic E-state index is 0.0313. The predicted octanol–water partition coefficient (Wildman–Crippen LogP) is 5.84. The van der Waals surface area contributed by atoms with Gasteiger partial charge >= 0.3 is 0 Å². The number of halogens is 3. The van der Waals surface area contributed by atoms with Crippen molar-refractivity contribution in [3.8, 4) is 0 Å². The normalized spacial score (nSPS) is 17.4. The molecule has 10 heteroatoms. The zero-order chi connectivity index (χ0) is 24.6.